The van der Waals surface area contributed by atoms with Crippen LogP contribution < -0.4 is 5.14 Å². The Morgan fingerprint density at radius 2 is 2.09 bits per heavy atom. The Labute approximate surface area is 72.6 Å². The highest BCUT2D eigenvalue weighted by atomic mass is 79.9. The first-order valence-corrected chi connectivity index (χ1v) is 4.98. The van der Waals surface area contributed by atoms with Gasteiger partial charge in [0.2, 0.25) is 10.0 Å². The molecule has 0 fully saturated rings. The van der Waals surface area contributed by atoms with Crippen LogP contribution in [0.4, 0.5) is 0 Å². The Hall–Kier alpha value is -0.460. The zero-order chi connectivity index (χ0) is 8.48. The maximum Gasteiger partial charge on any atom is 0.239 e. The van der Waals surface area contributed by atoms with Crippen LogP contribution in [0.15, 0.2) is 27.8 Å². The fourth-order valence-corrected chi connectivity index (χ4v) is 1.22. The van der Waals surface area contributed by atoms with Crippen LogP contribution in [0.2, 0.25) is 0 Å². The molecule has 0 atom stereocenters. The molecule has 60 valence electrons. The van der Waals surface area contributed by atoms with Gasteiger partial charge in [0.05, 0.1) is 0 Å². The lowest BCUT2D eigenvalue weighted by molar-refractivity contribution is 0.597. The van der Waals surface area contributed by atoms with Crippen molar-refractivity contribution in [1.82, 2.24) is 4.98 Å². The number of rotatable bonds is 1. The minimum atomic E-state index is -3.60. The zero-order valence-electron chi connectivity index (χ0n) is 5.36. The summed E-state index contributed by atoms with van der Waals surface area (Å²) >= 11 is 3.07. The van der Waals surface area contributed by atoms with Crippen molar-refractivity contribution in [3.05, 3.63) is 22.9 Å². The van der Waals surface area contributed by atoms with Gasteiger partial charge in [0.25, 0.3) is 0 Å². The lowest BCUT2D eigenvalue weighted by Crippen LogP contribution is -2.12. The minimum absolute atomic E-state index is 0.0145. The van der Waals surface area contributed by atoms with Crippen LogP contribution >= 0.6 is 15.9 Å². The van der Waals surface area contributed by atoms with Crippen molar-refractivity contribution in [2.75, 3.05) is 0 Å². The highest BCUT2D eigenvalue weighted by Gasteiger charge is 2.06. The fourth-order valence-electron chi connectivity index (χ4n) is 0.531. The number of sulfonamides is 1. The molecule has 0 aliphatic heterocycles. The van der Waals surface area contributed by atoms with Gasteiger partial charge in [0.15, 0.2) is 0 Å². The van der Waals surface area contributed by atoms with E-state index in [1.165, 1.54) is 18.3 Å². The van der Waals surface area contributed by atoms with Crippen LogP contribution in [0, 0.1) is 0 Å². The topological polar surface area (TPSA) is 73.1 Å². The van der Waals surface area contributed by atoms with E-state index < -0.39 is 10.0 Å². The van der Waals surface area contributed by atoms with Crippen LogP contribution in [0.5, 0.6) is 0 Å². The summed E-state index contributed by atoms with van der Waals surface area (Å²) in [5.74, 6) is 0. The van der Waals surface area contributed by atoms with E-state index in [-0.39, 0.29) is 4.90 Å². The maximum atomic E-state index is 10.7. The second-order valence-electron chi connectivity index (χ2n) is 1.86. The van der Waals surface area contributed by atoms with E-state index >= 15 is 0 Å². The SMILES string of the molecule is NS(=O)(=O)c1ccc(Br)nc1. The summed E-state index contributed by atoms with van der Waals surface area (Å²) in [6, 6.07) is 2.90. The lowest BCUT2D eigenvalue weighted by atomic mass is 10.5. The molecule has 0 bridgehead atoms. The number of hydrogen-bond donors (Lipinski definition) is 1. The van der Waals surface area contributed by atoms with E-state index in [1.54, 1.807) is 0 Å². The van der Waals surface area contributed by atoms with E-state index in [0.29, 0.717) is 4.60 Å². The Kier molecular flexibility index (Phi) is 2.26. The molecule has 11 heavy (non-hydrogen) atoms. The average Bonchev–Trinajstić information content (AvgIpc) is 1.86. The Morgan fingerprint density at radius 3 is 2.45 bits per heavy atom. The van der Waals surface area contributed by atoms with E-state index in [1.807, 2.05) is 0 Å². The molecule has 0 saturated carbocycles. The summed E-state index contributed by atoms with van der Waals surface area (Å²) in [7, 11) is -3.60. The van der Waals surface area contributed by atoms with Crippen molar-refractivity contribution in [2.45, 2.75) is 4.90 Å². The van der Waals surface area contributed by atoms with Gasteiger partial charge in [-0.05, 0) is 28.1 Å². The van der Waals surface area contributed by atoms with Crippen LogP contribution in [0.1, 0.15) is 0 Å². The van der Waals surface area contributed by atoms with Crippen LogP contribution in [0.25, 0.3) is 0 Å². The van der Waals surface area contributed by atoms with Gasteiger partial charge in [-0.25, -0.2) is 18.5 Å². The second kappa shape index (κ2) is 2.88. The molecule has 2 N–H and O–H groups in total. The van der Waals surface area contributed by atoms with Gasteiger partial charge in [-0.2, -0.15) is 0 Å². The Morgan fingerprint density at radius 1 is 1.45 bits per heavy atom. The van der Waals surface area contributed by atoms with Gasteiger partial charge in [0.1, 0.15) is 9.50 Å². The van der Waals surface area contributed by atoms with Gasteiger partial charge < -0.3 is 0 Å². The molecule has 0 amide bonds. The third kappa shape index (κ3) is 2.25. The van der Waals surface area contributed by atoms with Crippen molar-refractivity contribution in [3.63, 3.8) is 0 Å². The molecule has 0 aliphatic carbocycles. The predicted octanol–water partition coefficient (Wildman–Crippen LogP) is 0.492. The van der Waals surface area contributed by atoms with Crippen molar-refractivity contribution in [3.8, 4) is 0 Å². The molecule has 1 rings (SSSR count). The smallest absolute Gasteiger partial charge is 0.239 e. The zero-order valence-corrected chi connectivity index (χ0v) is 7.76. The van der Waals surface area contributed by atoms with E-state index in [2.05, 4.69) is 20.9 Å². The largest absolute Gasteiger partial charge is 0.248 e. The monoisotopic (exact) mass is 236 g/mol. The highest BCUT2D eigenvalue weighted by Crippen LogP contribution is 2.08. The molecule has 0 aromatic carbocycles. The van der Waals surface area contributed by atoms with Crippen LogP contribution in [-0.4, -0.2) is 13.4 Å². The summed E-state index contributed by atoms with van der Waals surface area (Å²) in [5, 5.41) is 4.82. The summed E-state index contributed by atoms with van der Waals surface area (Å²) in [6.45, 7) is 0. The molecule has 1 aromatic heterocycles. The van der Waals surface area contributed by atoms with Gasteiger partial charge in [0, 0.05) is 6.20 Å². The van der Waals surface area contributed by atoms with Gasteiger partial charge >= 0.3 is 0 Å². The predicted molar refractivity (Wildman–Crippen MR) is 43.3 cm³/mol. The second-order valence-corrected chi connectivity index (χ2v) is 4.24. The van der Waals surface area contributed by atoms with Gasteiger partial charge in [-0.3, -0.25) is 0 Å². The summed E-state index contributed by atoms with van der Waals surface area (Å²) < 4.78 is 21.9. The van der Waals surface area contributed by atoms with Crippen LogP contribution in [-0.2, 0) is 10.0 Å². The van der Waals surface area contributed by atoms with Crippen LogP contribution in [0.3, 0.4) is 0 Å². The Bertz CT molecular complexity index is 345. The first kappa shape index (κ1) is 8.63. The first-order chi connectivity index (χ1) is 5.00. The highest BCUT2D eigenvalue weighted by molar-refractivity contribution is 9.10. The average molecular weight is 237 g/mol. The lowest BCUT2D eigenvalue weighted by Gasteiger charge is -1.95. The molecule has 0 saturated heterocycles. The summed E-state index contributed by atoms with van der Waals surface area (Å²) in [6.07, 6.45) is 1.19. The molecule has 4 nitrogen and oxygen atoms in total. The third-order valence-corrected chi connectivity index (χ3v) is 2.40. The number of aromatic nitrogens is 1. The van der Waals surface area contributed by atoms with Crippen molar-refractivity contribution < 1.29 is 8.42 Å². The van der Waals surface area contributed by atoms with E-state index in [4.69, 9.17) is 5.14 Å². The summed E-state index contributed by atoms with van der Waals surface area (Å²) in [4.78, 5) is 3.72. The van der Waals surface area contributed by atoms with Crippen molar-refractivity contribution >= 4 is 26.0 Å². The standard InChI is InChI=1S/C5H5BrN2O2S/c6-5-2-1-4(3-8-5)11(7,9)10/h1-3H,(H2,7,9,10). The first-order valence-electron chi connectivity index (χ1n) is 2.64. The molecule has 1 aromatic rings. The summed E-state index contributed by atoms with van der Waals surface area (Å²) in [5.41, 5.74) is 0. The third-order valence-electron chi connectivity index (χ3n) is 1.03. The van der Waals surface area contributed by atoms with Gasteiger partial charge in [-0.1, -0.05) is 0 Å². The van der Waals surface area contributed by atoms with E-state index in [0.717, 1.165) is 0 Å². The van der Waals surface area contributed by atoms with Crippen molar-refractivity contribution in [1.29, 1.82) is 0 Å². The molecule has 0 spiro atoms. The number of nitrogens with zero attached hydrogens (tertiary/aromatic N) is 1. The van der Waals surface area contributed by atoms with E-state index in [9.17, 15) is 8.42 Å². The van der Waals surface area contributed by atoms with Gasteiger partial charge in [-0.15, -0.1) is 0 Å². The molecular formula is C5H5BrN2O2S. The number of primary sulfonamides is 1. The molecule has 1 heterocycles. The molecule has 0 radical (unpaired) electrons. The normalized spacial score (nSPS) is 11.5. The molecular weight excluding hydrogens is 232 g/mol. The molecule has 6 heteroatoms. The van der Waals surface area contributed by atoms with Crippen molar-refractivity contribution in [2.24, 2.45) is 5.14 Å². The maximum absolute atomic E-state index is 10.7. The number of halogens is 1. The molecule has 0 aliphatic rings. The molecule has 0 unspecified atom stereocenters. The fraction of sp³-hybridized carbons (Fsp3) is 0. The number of hydrogen-bond acceptors (Lipinski definition) is 3. The number of nitrogens with two attached hydrogens (primary N) is 1. The minimum Gasteiger partial charge on any atom is -0.248 e. The quantitative estimate of drug-likeness (QED) is 0.722. The number of pyridine rings is 1. The Balaban J connectivity index is 3.20.